The van der Waals surface area contributed by atoms with Crippen LogP contribution < -0.4 is 14.8 Å². The minimum atomic E-state index is -3.94. The van der Waals surface area contributed by atoms with Crippen LogP contribution in [0.2, 0.25) is 5.02 Å². The highest BCUT2D eigenvalue weighted by molar-refractivity contribution is 7.89. The monoisotopic (exact) mass is 402 g/mol. The fourth-order valence-electron chi connectivity index (χ4n) is 3.14. The maximum atomic E-state index is 12.6. The molecule has 6 nitrogen and oxygen atoms in total. The molecule has 1 aromatic rings. The number of benzene rings is 1. The summed E-state index contributed by atoms with van der Waals surface area (Å²) in [5, 5.41) is 3.25. The summed E-state index contributed by atoms with van der Waals surface area (Å²) in [4.78, 5) is 12.4. The molecular weight excluding hydrogens is 376 g/mol. The van der Waals surface area contributed by atoms with Gasteiger partial charge in [0.15, 0.2) is 0 Å². The van der Waals surface area contributed by atoms with E-state index in [4.69, 9.17) is 16.3 Å². The molecule has 1 amide bonds. The van der Waals surface area contributed by atoms with Crippen LogP contribution in [-0.2, 0) is 14.8 Å². The second-order valence-corrected chi connectivity index (χ2v) is 8.81. The normalized spacial score (nSPS) is 17.8. The smallest absolute Gasteiger partial charge is 0.245 e. The molecule has 8 heteroatoms. The molecule has 0 radical (unpaired) electrons. The maximum absolute atomic E-state index is 12.6. The summed E-state index contributed by atoms with van der Waals surface area (Å²) in [6.45, 7) is 1.53. The number of rotatable bonds is 6. The van der Waals surface area contributed by atoms with Crippen LogP contribution in [0.25, 0.3) is 0 Å². The molecule has 2 rings (SSSR count). The molecule has 0 aliphatic heterocycles. The average Bonchev–Trinajstić information content (AvgIpc) is 2.56. The number of halogens is 1. The first kappa shape index (κ1) is 21.0. The van der Waals surface area contributed by atoms with E-state index < -0.39 is 16.1 Å². The van der Waals surface area contributed by atoms with E-state index >= 15 is 0 Å². The largest absolute Gasteiger partial charge is 0.495 e. The Morgan fingerprint density at radius 3 is 2.42 bits per heavy atom. The molecule has 2 N–H and O–H groups in total. The van der Waals surface area contributed by atoms with E-state index in [2.05, 4.69) is 10.0 Å². The summed E-state index contributed by atoms with van der Waals surface area (Å²) in [6.07, 6.45) is 7.67. The lowest BCUT2D eigenvalue weighted by Crippen LogP contribution is -2.48. The van der Waals surface area contributed by atoms with Crippen molar-refractivity contribution in [2.75, 3.05) is 7.11 Å². The van der Waals surface area contributed by atoms with E-state index in [1.165, 1.54) is 45.4 Å². The maximum Gasteiger partial charge on any atom is 0.245 e. The first-order chi connectivity index (χ1) is 12.3. The zero-order valence-corrected chi connectivity index (χ0v) is 16.8. The molecule has 1 aromatic carbocycles. The Bertz CT molecular complexity index is 716. The number of carbonyl (C=O) groups is 1. The van der Waals surface area contributed by atoms with Crippen molar-refractivity contribution >= 4 is 27.5 Å². The summed E-state index contributed by atoms with van der Waals surface area (Å²) < 4.78 is 32.8. The van der Waals surface area contributed by atoms with Gasteiger partial charge < -0.3 is 10.1 Å². The molecule has 0 saturated heterocycles. The Morgan fingerprint density at radius 1 is 1.19 bits per heavy atom. The predicted octanol–water partition coefficient (Wildman–Crippen LogP) is 3.24. The summed E-state index contributed by atoms with van der Waals surface area (Å²) in [6, 6.07) is 3.55. The third kappa shape index (κ3) is 5.86. The molecule has 1 aliphatic carbocycles. The first-order valence-corrected chi connectivity index (χ1v) is 10.9. The lowest BCUT2D eigenvalue weighted by Gasteiger charge is -2.23. The highest BCUT2D eigenvalue weighted by Gasteiger charge is 2.26. The van der Waals surface area contributed by atoms with Crippen LogP contribution >= 0.6 is 11.6 Å². The van der Waals surface area contributed by atoms with E-state index in [0.717, 1.165) is 25.7 Å². The van der Waals surface area contributed by atoms with Gasteiger partial charge in [0.1, 0.15) is 10.6 Å². The summed E-state index contributed by atoms with van der Waals surface area (Å²) >= 11 is 5.91. The van der Waals surface area contributed by atoms with E-state index in [0.29, 0.717) is 0 Å². The van der Waals surface area contributed by atoms with Gasteiger partial charge in [-0.25, -0.2) is 8.42 Å². The van der Waals surface area contributed by atoms with Crippen LogP contribution in [-0.4, -0.2) is 33.5 Å². The third-order valence-electron chi connectivity index (χ3n) is 4.59. The SMILES string of the molecule is COc1ccc(Cl)cc1S(=O)(=O)N[C@@H](C)C(=O)NC1CCCCCCC1. The number of methoxy groups -OCH3 is 1. The number of hydrogen-bond acceptors (Lipinski definition) is 4. The number of amides is 1. The van der Waals surface area contributed by atoms with Crippen LogP contribution in [0.1, 0.15) is 51.9 Å². The molecule has 0 aromatic heterocycles. The molecule has 1 aliphatic rings. The van der Waals surface area contributed by atoms with Gasteiger partial charge in [-0.15, -0.1) is 0 Å². The fraction of sp³-hybridized carbons (Fsp3) is 0.611. The Labute approximate surface area is 160 Å². The van der Waals surface area contributed by atoms with Gasteiger partial charge in [0.2, 0.25) is 15.9 Å². The molecule has 1 saturated carbocycles. The van der Waals surface area contributed by atoms with Crippen molar-refractivity contribution in [3.63, 3.8) is 0 Å². The van der Waals surface area contributed by atoms with Gasteiger partial charge in [0.25, 0.3) is 0 Å². The number of nitrogens with one attached hydrogen (secondary N) is 2. The van der Waals surface area contributed by atoms with E-state index in [1.54, 1.807) is 6.07 Å². The van der Waals surface area contributed by atoms with Crippen LogP contribution in [0.4, 0.5) is 0 Å². The topological polar surface area (TPSA) is 84.5 Å². The molecule has 1 atom stereocenters. The van der Waals surface area contributed by atoms with Gasteiger partial charge in [0, 0.05) is 11.1 Å². The molecule has 0 bridgehead atoms. The molecular formula is C18H27ClN2O4S. The van der Waals surface area contributed by atoms with Crippen LogP contribution in [0, 0.1) is 0 Å². The first-order valence-electron chi connectivity index (χ1n) is 8.99. The van der Waals surface area contributed by atoms with E-state index in [1.807, 2.05) is 0 Å². The molecule has 146 valence electrons. The predicted molar refractivity (Wildman–Crippen MR) is 102 cm³/mol. The van der Waals surface area contributed by atoms with Crippen molar-refractivity contribution < 1.29 is 17.9 Å². The molecule has 26 heavy (non-hydrogen) atoms. The number of sulfonamides is 1. The van der Waals surface area contributed by atoms with E-state index in [9.17, 15) is 13.2 Å². The Morgan fingerprint density at radius 2 is 1.81 bits per heavy atom. The zero-order chi connectivity index (χ0) is 19.2. The lowest BCUT2D eigenvalue weighted by atomic mass is 9.96. The van der Waals surface area contributed by atoms with Gasteiger partial charge in [-0.3, -0.25) is 4.79 Å². The van der Waals surface area contributed by atoms with Crippen LogP contribution in [0.5, 0.6) is 5.75 Å². The minimum Gasteiger partial charge on any atom is -0.495 e. The summed E-state index contributed by atoms with van der Waals surface area (Å²) in [5.41, 5.74) is 0. The van der Waals surface area contributed by atoms with Gasteiger partial charge >= 0.3 is 0 Å². The molecule has 0 spiro atoms. The fourth-order valence-corrected chi connectivity index (χ4v) is 4.77. The Kier molecular flexibility index (Phi) is 7.73. The second-order valence-electron chi connectivity index (χ2n) is 6.69. The number of ether oxygens (including phenoxy) is 1. The Balaban J connectivity index is 2.04. The molecule has 0 heterocycles. The van der Waals surface area contributed by atoms with Crippen LogP contribution in [0.15, 0.2) is 23.1 Å². The summed E-state index contributed by atoms with van der Waals surface area (Å²) in [5.74, 6) is -0.144. The van der Waals surface area contributed by atoms with Crippen molar-refractivity contribution in [2.24, 2.45) is 0 Å². The minimum absolute atomic E-state index is 0.0851. The number of carbonyl (C=O) groups excluding carboxylic acids is 1. The second kappa shape index (κ2) is 9.58. The van der Waals surface area contributed by atoms with Crippen molar-refractivity contribution in [3.8, 4) is 5.75 Å². The van der Waals surface area contributed by atoms with Crippen molar-refractivity contribution in [1.29, 1.82) is 0 Å². The van der Waals surface area contributed by atoms with Crippen molar-refractivity contribution in [3.05, 3.63) is 23.2 Å². The van der Waals surface area contributed by atoms with Gasteiger partial charge in [0.05, 0.1) is 13.2 Å². The zero-order valence-electron chi connectivity index (χ0n) is 15.3. The Hall–Kier alpha value is -1.31. The highest BCUT2D eigenvalue weighted by atomic mass is 35.5. The average molecular weight is 403 g/mol. The van der Waals surface area contributed by atoms with Gasteiger partial charge in [-0.1, -0.05) is 43.7 Å². The molecule has 0 unspecified atom stereocenters. The van der Waals surface area contributed by atoms with E-state index in [-0.39, 0.29) is 27.6 Å². The van der Waals surface area contributed by atoms with Crippen LogP contribution in [0.3, 0.4) is 0 Å². The highest BCUT2D eigenvalue weighted by Crippen LogP contribution is 2.27. The van der Waals surface area contributed by atoms with Crippen molar-refractivity contribution in [1.82, 2.24) is 10.0 Å². The lowest BCUT2D eigenvalue weighted by molar-refractivity contribution is -0.123. The quantitative estimate of drug-likeness (QED) is 0.764. The molecule has 1 fully saturated rings. The summed E-state index contributed by atoms with van der Waals surface area (Å²) in [7, 11) is -2.56. The van der Waals surface area contributed by atoms with Gasteiger partial charge in [-0.05, 0) is 38.0 Å². The standard InChI is InChI=1S/C18H27ClN2O4S/c1-13(18(22)20-15-8-6-4-3-5-7-9-15)21-26(23,24)17-12-14(19)10-11-16(17)25-2/h10-13,15,21H,3-9H2,1-2H3,(H,20,22)/t13-/m0/s1. The van der Waals surface area contributed by atoms with Crippen molar-refractivity contribution in [2.45, 2.75) is 68.8 Å². The number of hydrogen-bond donors (Lipinski definition) is 2. The third-order valence-corrected chi connectivity index (χ3v) is 6.39. The van der Waals surface area contributed by atoms with Gasteiger partial charge in [-0.2, -0.15) is 4.72 Å².